The Balaban J connectivity index is 1.33. The SMILES string of the molecule is CCCCCCCCn1c2ccccc2c2ccnc(CN(CCCCN)Cc3nccc4c5ccccc5n(CCCCCCCC)c34)c21. The van der Waals surface area contributed by atoms with Crippen molar-refractivity contribution in [2.75, 3.05) is 13.1 Å². The zero-order valence-corrected chi connectivity index (χ0v) is 30.9. The Bertz CT molecular complexity index is 1800. The Morgan fingerprint density at radius 2 is 0.980 bits per heavy atom. The number of fused-ring (bicyclic) bond motifs is 6. The van der Waals surface area contributed by atoms with Crippen molar-refractivity contribution in [1.29, 1.82) is 0 Å². The maximum atomic E-state index is 6.01. The van der Waals surface area contributed by atoms with E-state index in [1.807, 2.05) is 12.4 Å². The van der Waals surface area contributed by atoms with Crippen molar-refractivity contribution in [1.82, 2.24) is 24.0 Å². The second-order valence-corrected chi connectivity index (χ2v) is 14.4. The van der Waals surface area contributed by atoms with E-state index in [0.717, 1.165) is 57.0 Å². The Kier molecular flexibility index (Phi) is 13.3. The Morgan fingerprint density at radius 1 is 0.520 bits per heavy atom. The van der Waals surface area contributed by atoms with Gasteiger partial charge in [0.25, 0.3) is 0 Å². The van der Waals surface area contributed by atoms with Crippen LogP contribution in [0.3, 0.4) is 0 Å². The van der Waals surface area contributed by atoms with Gasteiger partial charge in [-0.1, -0.05) is 114 Å². The van der Waals surface area contributed by atoms with E-state index in [4.69, 9.17) is 15.7 Å². The summed E-state index contributed by atoms with van der Waals surface area (Å²) in [6.07, 6.45) is 21.6. The van der Waals surface area contributed by atoms with Crippen molar-refractivity contribution in [3.63, 3.8) is 0 Å². The fraction of sp³-hybridized carbons (Fsp3) is 0.500. The Hall–Kier alpha value is -3.74. The molecule has 266 valence electrons. The molecule has 0 fully saturated rings. The third-order valence-corrected chi connectivity index (χ3v) is 10.7. The number of aromatic nitrogens is 4. The van der Waals surface area contributed by atoms with Crippen LogP contribution >= 0.6 is 0 Å². The standard InChI is InChI=1S/C44H60N6/c1-3-5-7-9-11-18-31-49-41-23-15-13-21-35(41)37-25-28-46-39(43(37)49)33-48(30-20-17-27-45)34-40-44-38(26-29-47-40)36-22-14-16-24-42(36)50(44)32-19-12-10-8-6-4-2/h13-16,21-26,28-29H,3-12,17-20,27,30-34,45H2,1-2H3. The van der Waals surface area contributed by atoms with Gasteiger partial charge in [-0.2, -0.15) is 0 Å². The largest absolute Gasteiger partial charge is 0.339 e. The molecule has 0 aliphatic heterocycles. The molecule has 2 aromatic carbocycles. The van der Waals surface area contributed by atoms with Gasteiger partial charge in [0.15, 0.2) is 0 Å². The van der Waals surface area contributed by atoms with Gasteiger partial charge in [0.1, 0.15) is 0 Å². The number of pyridine rings is 2. The van der Waals surface area contributed by atoms with Crippen LogP contribution in [0.1, 0.15) is 115 Å². The summed E-state index contributed by atoms with van der Waals surface area (Å²) in [7, 11) is 0. The minimum Gasteiger partial charge on any atom is -0.339 e. The molecule has 0 saturated carbocycles. The molecule has 0 unspecified atom stereocenters. The van der Waals surface area contributed by atoms with Gasteiger partial charge in [-0.05, 0) is 63.0 Å². The monoisotopic (exact) mass is 672 g/mol. The summed E-state index contributed by atoms with van der Waals surface area (Å²) in [5.41, 5.74) is 13.6. The van der Waals surface area contributed by atoms with Gasteiger partial charge in [0.05, 0.1) is 22.4 Å². The van der Waals surface area contributed by atoms with Crippen molar-refractivity contribution < 1.29 is 0 Å². The van der Waals surface area contributed by atoms with Crippen LogP contribution in [0.25, 0.3) is 43.6 Å². The number of nitrogens with zero attached hydrogens (tertiary/aromatic N) is 5. The topological polar surface area (TPSA) is 64.9 Å². The van der Waals surface area contributed by atoms with E-state index in [9.17, 15) is 0 Å². The zero-order valence-electron chi connectivity index (χ0n) is 30.9. The Labute approximate surface area is 300 Å². The summed E-state index contributed by atoms with van der Waals surface area (Å²) in [6.45, 7) is 9.88. The number of aryl methyl sites for hydroxylation is 2. The maximum Gasteiger partial charge on any atom is 0.0786 e. The van der Waals surface area contributed by atoms with Crippen LogP contribution in [0, 0.1) is 0 Å². The molecule has 6 aromatic rings. The molecule has 6 rings (SSSR count). The van der Waals surface area contributed by atoms with E-state index < -0.39 is 0 Å². The molecule has 0 atom stereocenters. The van der Waals surface area contributed by atoms with Crippen LogP contribution in [0.5, 0.6) is 0 Å². The molecule has 4 heterocycles. The number of hydrogen-bond donors (Lipinski definition) is 1. The predicted octanol–water partition coefficient (Wildman–Crippen LogP) is 11.2. The molecule has 0 aliphatic carbocycles. The van der Waals surface area contributed by atoms with Gasteiger partial charge in [0.2, 0.25) is 0 Å². The van der Waals surface area contributed by atoms with Gasteiger partial charge < -0.3 is 14.9 Å². The van der Waals surface area contributed by atoms with Crippen molar-refractivity contribution in [2.24, 2.45) is 5.73 Å². The first-order chi connectivity index (χ1) is 24.7. The molecule has 0 bridgehead atoms. The lowest BCUT2D eigenvalue weighted by Gasteiger charge is -2.23. The number of para-hydroxylation sites is 2. The number of benzene rings is 2. The number of nitrogens with two attached hydrogens (primary N) is 1. The predicted molar refractivity (Wildman–Crippen MR) is 214 cm³/mol. The summed E-state index contributed by atoms with van der Waals surface area (Å²) in [6, 6.07) is 22.3. The first kappa shape index (κ1) is 36.1. The number of hydrogen-bond acceptors (Lipinski definition) is 4. The maximum absolute atomic E-state index is 6.01. The molecule has 6 nitrogen and oxygen atoms in total. The first-order valence-electron chi connectivity index (χ1n) is 19.9. The van der Waals surface area contributed by atoms with Gasteiger partial charge in [-0.15, -0.1) is 0 Å². The summed E-state index contributed by atoms with van der Waals surface area (Å²) < 4.78 is 5.14. The molecule has 0 radical (unpaired) electrons. The van der Waals surface area contributed by atoms with Crippen LogP contribution in [0.4, 0.5) is 0 Å². The lowest BCUT2D eigenvalue weighted by molar-refractivity contribution is 0.247. The highest BCUT2D eigenvalue weighted by molar-refractivity contribution is 6.09. The van der Waals surface area contributed by atoms with E-state index in [2.05, 4.69) is 88.5 Å². The molecular formula is C44H60N6. The van der Waals surface area contributed by atoms with Crippen LogP contribution in [0.2, 0.25) is 0 Å². The molecule has 0 saturated heterocycles. The summed E-state index contributed by atoms with van der Waals surface area (Å²) in [5.74, 6) is 0. The highest BCUT2D eigenvalue weighted by Gasteiger charge is 2.20. The molecule has 0 amide bonds. The fourth-order valence-electron chi connectivity index (χ4n) is 8.06. The summed E-state index contributed by atoms with van der Waals surface area (Å²) >= 11 is 0. The van der Waals surface area contributed by atoms with E-state index in [1.165, 1.54) is 121 Å². The highest BCUT2D eigenvalue weighted by Crippen LogP contribution is 2.34. The average molecular weight is 673 g/mol. The Morgan fingerprint density at radius 3 is 1.46 bits per heavy atom. The van der Waals surface area contributed by atoms with E-state index in [0.29, 0.717) is 6.54 Å². The first-order valence-corrected chi connectivity index (χ1v) is 19.9. The zero-order chi connectivity index (χ0) is 34.5. The normalized spacial score (nSPS) is 12.1. The van der Waals surface area contributed by atoms with Crippen molar-refractivity contribution in [2.45, 2.75) is 130 Å². The smallest absolute Gasteiger partial charge is 0.0786 e. The van der Waals surface area contributed by atoms with Crippen LogP contribution in [-0.4, -0.2) is 37.1 Å². The summed E-state index contributed by atoms with van der Waals surface area (Å²) in [4.78, 5) is 12.8. The van der Waals surface area contributed by atoms with Crippen molar-refractivity contribution in [3.8, 4) is 0 Å². The van der Waals surface area contributed by atoms with Crippen molar-refractivity contribution in [3.05, 3.63) is 84.4 Å². The number of rotatable bonds is 22. The highest BCUT2D eigenvalue weighted by atomic mass is 15.1. The molecule has 2 N–H and O–H groups in total. The van der Waals surface area contributed by atoms with E-state index >= 15 is 0 Å². The molecule has 4 aromatic heterocycles. The average Bonchev–Trinajstić information content (AvgIpc) is 3.65. The fourth-order valence-corrected chi connectivity index (χ4v) is 8.06. The van der Waals surface area contributed by atoms with E-state index in [1.54, 1.807) is 0 Å². The second kappa shape index (κ2) is 18.5. The lowest BCUT2D eigenvalue weighted by atomic mass is 10.1. The minimum absolute atomic E-state index is 0.717. The van der Waals surface area contributed by atoms with Gasteiger partial charge in [0, 0.05) is 71.2 Å². The second-order valence-electron chi connectivity index (χ2n) is 14.4. The van der Waals surface area contributed by atoms with Crippen LogP contribution in [-0.2, 0) is 26.2 Å². The van der Waals surface area contributed by atoms with Crippen molar-refractivity contribution >= 4 is 43.6 Å². The van der Waals surface area contributed by atoms with Gasteiger partial charge in [-0.3, -0.25) is 14.9 Å². The quantitative estimate of drug-likeness (QED) is 0.0729. The summed E-state index contributed by atoms with van der Waals surface area (Å²) in [5, 5.41) is 5.30. The van der Waals surface area contributed by atoms with Crippen LogP contribution in [0.15, 0.2) is 73.1 Å². The third-order valence-electron chi connectivity index (χ3n) is 10.7. The number of unbranched alkanes of at least 4 members (excludes halogenated alkanes) is 11. The minimum atomic E-state index is 0.717. The molecular weight excluding hydrogens is 613 g/mol. The molecule has 6 heteroatoms. The van der Waals surface area contributed by atoms with Crippen LogP contribution < -0.4 is 5.73 Å². The molecule has 0 spiro atoms. The van der Waals surface area contributed by atoms with Gasteiger partial charge in [-0.25, -0.2) is 0 Å². The molecule has 50 heavy (non-hydrogen) atoms. The third kappa shape index (κ3) is 8.41. The van der Waals surface area contributed by atoms with E-state index in [-0.39, 0.29) is 0 Å². The van der Waals surface area contributed by atoms with Gasteiger partial charge >= 0.3 is 0 Å². The lowest BCUT2D eigenvalue weighted by Crippen LogP contribution is -2.26. The molecule has 0 aliphatic rings.